The lowest BCUT2D eigenvalue weighted by Gasteiger charge is -2.43. The number of aldehydes is 1. The first-order valence-electron chi connectivity index (χ1n) is 12.9. The van der Waals surface area contributed by atoms with Gasteiger partial charge in [0.05, 0.1) is 12.7 Å². The summed E-state index contributed by atoms with van der Waals surface area (Å²) in [6, 6.07) is 10.3. The third kappa shape index (κ3) is 10.1. The van der Waals surface area contributed by atoms with Crippen molar-refractivity contribution in [2.24, 2.45) is 5.92 Å². The molecule has 0 fully saturated rings. The number of ether oxygens (including phenoxy) is 1. The number of rotatable bonds is 14. The summed E-state index contributed by atoms with van der Waals surface area (Å²) in [5.74, 6) is -0.158. The molecule has 0 bridgehead atoms. The molecule has 0 radical (unpaired) electrons. The first-order valence-corrected chi connectivity index (χ1v) is 18.7. The molecule has 0 amide bonds. The predicted molar refractivity (Wildman–Crippen MR) is 149 cm³/mol. The van der Waals surface area contributed by atoms with Gasteiger partial charge in [-0.05, 0) is 61.1 Å². The zero-order chi connectivity index (χ0) is 26.2. The highest BCUT2D eigenvalue weighted by Crippen LogP contribution is 2.41. The predicted octanol–water partition coefficient (Wildman–Crippen LogP) is 7.99. The van der Waals surface area contributed by atoms with Gasteiger partial charge in [0, 0.05) is 18.6 Å². The van der Waals surface area contributed by atoms with Crippen molar-refractivity contribution in [1.29, 1.82) is 0 Å². The average Bonchev–Trinajstić information content (AvgIpc) is 2.71. The second-order valence-corrected chi connectivity index (χ2v) is 22.3. The van der Waals surface area contributed by atoms with Gasteiger partial charge < -0.3 is 18.4 Å². The van der Waals surface area contributed by atoms with Crippen LogP contribution in [0.3, 0.4) is 0 Å². The Morgan fingerprint density at radius 1 is 0.882 bits per heavy atom. The van der Waals surface area contributed by atoms with Gasteiger partial charge in [-0.1, -0.05) is 78.8 Å². The number of hydrogen-bond donors (Lipinski definition) is 0. The lowest BCUT2D eigenvalue weighted by atomic mass is 9.98. The van der Waals surface area contributed by atoms with E-state index in [-0.39, 0.29) is 28.2 Å². The van der Waals surface area contributed by atoms with Crippen molar-refractivity contribution in [3.63, 3.8) is 0 Å². The number of benzene rings is 1. The highest BCUT2D eigenvalue weighted by Gasteiger charge is 2.43. The molecule has 0 N–H and O–H groups in total. The minimum atomic E-state index is -2.02. The van der Waals surface area contributed by atoms with E-state index in [9.17, 15) is 4.79 Å². The Morgan fingerprint density at radius 2 is 1.41 bits per heavy atom. The Hall–Kier alpha value is -0.796. The average molecular weight is 509 g/mol. The topological polar surface area (TPSA) is 44.8 Å². The van der Waals surface area contributed by atoms with Crippen LogP contribution in [0.4, 0.5) is 0 Å². The van der Waals surface area contributed by atoms with Crippen LogP contribution in [-0.2, 0) is 25.0 Å². The third-order valence-corrected chi connectivity index (χ3v) is 16.8. The largest absolute Gasteiger partial charge is 0.414 e. The lowest BCUT2D eigenvalue weighted by Crippen LogP contribution is -2.48. The van der Waals surface area contributed by atoms with Crippen molar-refractivity contribution >= 4 is 22.9 Å². The molecule has 0 saturated carbocycles. The smallest absolute Gasteiger partial charge is 0.192 e. The maximum absolute atomic E-state index is 11.8. The van der Waals surface area contributed by atoms with E-state index in [4.69, 9.17) is 13.6 Å². The van der Waals surface area contributed by atoms with Gasteiger partial charge in [0.15, 0.2) is 16.6 Å². The second kappa shape index (κ2) is 13.0. The van der Waals surface area contributed by atoms with E-state index in [0.29, 0.717) is 13.2 Å². The maximum atomic E-state index is 11.8. The summed E-state index contributed by atoms with van der Waals surface area (Å²) in [6.07, 6.45) is 3.55. The number of hydrogen-bond acceptors (Lipinski definition) is 4. The first-order chi connectivity index (χ1) is 15.5. The van der Waals surface area contributed by atoms with Crippen LogP contribution < -0.4 is 0 Å². The molecule has 0 spiro atoms. The van der Waals surface area contributed by atoms with Crippen molar-refractivity contribution in [2.45, 2.75) is 123 Å². The fourth-order valence-corrected chi connectivity index (χ4v) is 6.09. The Kier molecular flexibility index (Phi) is 11.9. The Bertz CT molecular complexity index is 720. The maximum Gasteiger partial charge on any atom is 0.192 e. The minimum Gasteiger partial charge on any atom is -0.414 e. The van der Waals surface area contributed by atoms with E-state index in [1.807, 2.05) is 25.1 Å². The lowest BCUT2D eigenvalue weighted by molar-refractivity contribution is -0.113. The standard InChI is InChI=1S/C28H52O4Si2/c1-23(21-29)26(32-34(10,11)28(5,6)7)20-25(31-33(8,9)27(2,3)4)18-15-19-30-22-24-16-13-12-14-17-24/h12-14,16-17,21,23,25-26H,15,18-20,22H2,1-11H3/t23-,25-,26+/m1/s1. The van der Waals surface area contributed by atoms with Crippen molar-refractivity contribution in [3.05, 3.63) is 35.9 Å². The number of carbonyl (C=O) groups is 1. The molecule has 0 saturated heterocycles. The highest BCUT2D eigenvalue weighted by atomic mass is 28.4. The molecule has 4 nitrogen and oxygen atoms in total. The molecular weight excluding hydrogens is 456 g/mol. The molecule has 1 rings (SSSR count). The van der Waals surface area contributed by atoms with Crippen LogP contribution in [-0.4, -0.2) is 41.7 Å². The fraction of sp³-hybridized carbons (Fsp3) is 0.750. The van der Waals surface area contributed by atoms with Crippen molar-refractivity contribution in [1.82, 2.24) is 0 Å². The molecule has 0 aliphatic heterocycles. The van der Waals surface area contributed by atoms with Gasteiger partial charge >= 0.3 is 0 Å². The minimum absolute atomic E-state index is 0.0541. The van der Waals surface area contributed by atoms with Gasteiger partial charge in [-0.2, -0.15) is 0 Å². The molecule has 1 aromatic rings. The van der Waals surface area contributed by atoms with Gasteiger partial charge in [0.1, 0.15) is 6.29 Å². The zero-order valence-electron chi connectivity index (χ0n) is 23.9. The molecule has 0 aromatic heterocycles. The summed E-state index contributed by atoms with van der Waals surface area (Å²) in [4.78, 5) is 11.8. The zero-order valence-corrected chi connectivity index (χ0v) is 25.9. The highest BCUT2D eigenvalue weighted by molar-refractivity contribution is 6.74. The van der Waals surface area contributed by atoms with E-state index in [0.717, 1.165) is 25.5 Å². The first kappa shape index (κ1) is 31.2. The van der Waals surface area contributed by atoms with Crippen LogP contribution in [0.15, 0.2) is 30.3 Å². The van der Waals surface area contributed by atoms with Gasteiger partial charge in [-0.3, -0.25) is 0 Å². The second-order valence-electron chi connectivity index (χ2n) is 12.8. The van der Waals surface area contributed by atoms with E-state index < -0.39 is 16.6 Å². The molecule has 196 valence electrons. The molecule has 6 heteroatoms. The van der Waals surface area contributed by atoms with Gasteiger partial charge in [0.25, 0.3) is 0 Å². The Balaban J connectivity index is 2.92. The molecule has 3 atom stereocenters. The van der Waals surface area contributed by atoms with E-state index in [1.54, 1.807) is 0 Å². The summed E-state index contributed by atoms with van der Waals surface area (Å²) in [5.41, 5.74) is 1.19. The Morgan fingerprint density at radius 3 is 1.91 bits per heavy atom. The third-order valence-electron chi connectivity index (χ3n) is 7.74. The summed E-state index contributed by atoms with van der Waals surface area (Å²) in [6.45, 7) is 26.0. The summed E-state index contributed by atoms with van der Waals surface area (Å²) < 4.78 is 19.6. The van der Waals surface area contributed by atoms with Crippen molar-refractivity contribution in [2.75, 3.05) is 6.61 Å². The molecule has 1 aromatic carbocycles. The molecular formula is C28H52O4Si2. The Labute approximate surface area is 212 Å². The SMILES string of the molecule is C[C@H](C=O)[C@H](C[C@@H](CCCOCc1ccccc1)O[Si](C)(C)C(C)(C)C)O[Si](C)(C)C(C)(C)C. The van der Waals surface area contributed by atoms with Crippen LogP contribution in [0, 0.1) is 5.92 Å². The van der Waals surface area contributed by atoms with Crippen LogP contribution in [0.25, 0.3) is 0 Å². The summed E-state index contributed by atoms with van der Waals surface area (Å²) in [7, 11) is -3.99. The van der Waals surface area contributed by atoms with Crippen LogP contribution in [0.2, 0.25) is 36.3 Å². The summed E-state index contributed by atoms with van der Waals surface area (Å²) in [5, 5.41) is 0.218. The van der Waals surface area contributed by atoms with Gasteiger partial charge in [-0.15, -0.1) is 0 Å². The van der Waals surface area contributed by atoms with Gasteiger partial charge in [0.2, 0.25) is 0 Å². The molecule has 34 heavy (non-hydrogen) atoms. The molecule has 0 aliphatic carbocycles. The quantitative estimate of drug-likeness (QED) is 0.145. The monoisotopic (exact) mass is 508 g/mol. The number of carbonyl (C=O) groups excluding carboxylic acids is 1. The van der Waals surface area contributed by atoms with Crippen LogP contribution in [0.5, 0.6) is 0 Å². The van der Waals surface area contributed by atoms with Crippen molar-refractivity contribution in [3.8, 4) is 0 Å². The van der Waals surface area contributed by atoms with Gasteiger partial charge in [-0.25, -0.2) is 0 Å². The van der Waals surface area contributed by atoms with E-state index in [2.05, 4.69) is 79.9 Å². The molecule has 0 heterocycles. The molecule has 0 unspecified atom stereocenters. The normalized spacial score (nSPS) is 16.2. The van der Waals surface area contributed by atoms with Crippen LogP contribution >= 0.6 is 0 Å². The van der Waals surface area contributed by atoms with Crippen LogP contribution in [0.1, 0.15) is 73.3 Å². The van der Waals surface area contributed by atoms with Crippen molar-refractivity contribution < 1.29 is 18.4 Å². The van der Waals surface area contributed by atoms with E-state index in [1.165, 1.54) is 5.56 Å². The van der Waals surface area contributed by atoms with E-state index >= 15 is 0 Å². The summed E-state index contributed by atoms with van der Waals surface area (Å²) >= 11 is 0. The fourth-order valence-electron chi connectivity index (χ4n) is 3.27. The molecule has 0 aliphatic rings.